The summed E-state index contributed by atoms with van der Waals surface area (Å²) >= 11 is 0. The number of anilines is 12. The smallest absolute Gasteiger partial charge is 0.125 e. The minimum Gasteiger partial charge on any atom is -0.310 e. The Balaban J connectivity index is 0.802. The SMILES string of the molecule is Cc1ccc(N(c2ccc(-c3ccc(N(c4ccc(-c5ccc(N(c6ccc(-c7ccc(N(c8ccc(C)cc8)c8ccc(C)cc8C)cc7)cc6)c6ccc(C)cc6C)cc5)cc4)c4ccc(C)cc4C)cc3)cc2)c2cccc(F)c2)cc1. The molecule has 4 nitrogen and oxygen atoms in total. The van der Waals surface area contributed by atoms with E-state index in [0.29, 0.717) is 0 Å². The van der Waals surface area contributed by atoms with Crippen LogP contribution in [-0.4, -0.2) is 0 Å². The van der Waals surface area contributed by atoms with Gasteiger partial charge in [0, 0.05) is 68.2 Å². The van der Waals surface area contributed by atoms with Crippen LogP contribution >= 0.6 is 0 Å². The lowest BCUT2D eigenvalue weighted by Gasteiger charge is -2.28. The molecule has 0 aromatic heterocycles. The summed E-state index contributed by atoms with van der Waals surface area (Å²) in [6.07, 6.45) is 0. The van der Waals surface area contributed by atoms with Gasteiger partial charge in [-0.3, -0.25) is 0 Å². The van der Waals surface area contributed by atoms with Gasteiger partial charge < -0.3 is 19.6 Å². The quantitative estimate of drug-likeness (QED) is 0.101. The van der Waals surface area contributed by atoms with Crippen molar-refractivity contribution in [3.63, 3.8) is 0 Å². The summed E-state index contributed by atoms with van der Waals surface area (Å²) in [5.41, 5.74) is 29.2. The molecule has 12 rings (SSSR count). The van der Waals surface area contributed by atoms with Crippen LogP contribution < -0.4 is 19.6 Å². The zero-order valence-corrected chi connectivity index (χ0v) is 49.6. The third-order valence-electron chi connectivity index (χ3n) is 16.2. The fourth-order valence-electron chi connectivity index (χ4n) is 11.7. The number of hydrogen-bond acceptors (Lipinski definition) is 4. The Labute approximate surface area is 501 Å². The van der Waals surface area contributed by atoms with E-state index in [0.717, 1.165) is 95.9 Å². The van der Waals surface area contributed by atoms with Gasteiger partial charge in [-0.1, -0.05) is 167 Å². The first-order valence-corrected chi connectivity index (χ1v) is 29.2. The van der Waals surface area contributed by atoms with Gasteiger partial charge in [0.2, 0.25) is 0 Å². The summed E-state index contributed by atoms with van der Waals surface area (Å²) in [5, 5.41) is 0. The Hall–Kier alpha value is -10.2. The molecule has 0 saturated carbocycles. The largest absolute Gasteiger partial charge is 0.310 e. The molecule has 0 aliphatic heterocycles. The summed E-state index contributed by atoms with van der Waals surface area (Å²) in [6.45, 7) is 17.2. The van der Waals surface area contributed by atoms with Crippen molar-refractivity contribution in [1.29, 1.82) is 0 Å². The molecule has 0 amide bonds. The van der Waals surface area contributed by atoms with Crippen molar-refractivity contribution in [2.24, 2.45) is 0 Å². The predicted molar refractivity (Wildman–Crippen MR) is 359 cm³/mol. The second kappa shape index (κ2) is 23.9. The number of benzene rings is 12. The van der Waals surface area contributed by atoms with Gasteiger partial charge in [0.1, 0.15) is 5.82 Å². The summed E-state index contributed by atoms with van der Waals surface area (Å²) in [5.74, 6) is -0.270. The highest BCUT2D eigenvalue weighted by molar-refractivity contribution is 5.86. The number of rotatable bonds is 15. The molecule has 0 unspecified atom stereocenters. The van der Waals surface area contributed by atoms with Gasteiger partial charge in [-0.2, -0.15) is 0 Å². The molecule has 12 aromatic carbocycles. The van der Waals surface area contributed by atoms with Crippen LogP contribution in [0.1, 0.15) is 44.5 Å². The fourth-order valence-corrected chi connectivity index (χ4v) is 11.7. The first-order chi connectivity index (χ1) is 41.3. The normalized spacial score (nSPS) is 11.1. The van der Waals surface area contributed by atoms with Gasteiger partial charge in [-0.15, -0.1) is 0 Å². The lowest BCUT2D eigenvalue weighted by molar-refractivity contribution is 0.628. The van der Waals surface area contributed by atoms with Gasteiger partial charge in [0.05, 0.1) is 0 Å². The predicted octanol–water partition coefficient (Wildman–Crippen LogP) is 23.2. The Kier molecular flexibility index (Phi) is 15.6. The fraction of sp³-hybridized carbons (Fsp3) is 0.100. The maximum absolute atomic E-state index is 14.6. The van der Waals surface area contributed by atoms with Crippen molar-refractivity contribution >= 4 is 68.2 Å². The molecule has 0 aliphatic carbocycles. The standard InChI is InChI=1S/C80H69FN4/c1-54-12-31-69(32-13-54)82(77-11-9-10-68(81)53-77)70-35-19-62(20-36-70)63-23-39-73(40-24-63)84(79-48-17-57(4)51-60(79)7)74-43-27-66(28-44-74)67-29-45-76(46-30-67)85(80-49-18-58(5)52-61(80)8)75-41-25-65(26-42-75)64-21-37-72(38-22-64)83(71-33-14-55(2)15-34-71)78-47-16-56(3)50-59(78)6/h9-53H,1-8H3. The molecule has 0 saturated heterocycles. The highest BCUT2D eigenvalue weighted by atomic mass is 19.1. The van der Waals surface area contributed by atoms with E-state index in [1.54, 1.807) is 12.1 Å². The first kappa shape index (κ1) is 55.3. The molecule has 0 atom stereocenters. The third-order valence-corrected chi connectivity index (χ3v) is 16.2. The topological polar surface area (TPSA) is 13.0 Å². The second-order valence-corrected chi connectivity index (χ2v) is 22.6. The Morgan fingerprint density at radius 1 is 0.200 bits per heavy atom. The molecular weight excluding hydrogens is 1040 g/mol. The van der Waals surface area contributed by atoms with Crippen LogP contribution in [0.5, 0.6) is 0 Å². The second-order valence-electron chi connectivity index (χ2n) is 22.6. The van der Waals surface area contributed by atoms with E-state index in [1.807, 2.05) is 6.07 Å². The number of nitrogens with zero attached hydrogens (tertiary/aromatic N) is 4. The Bertz CT molecular complexity index is 4290. The molecule has 12 aromatic rings. The summed E-state index contributed by atoms with van der Waals surface area (Å²) in [4.78, 5) is 9.17. The highest BCUT2D eigenvalue weighted by Gasteiger charge is 2.20. The summed E-state index contributed by atoms with van der Waals surface area (Å²) in [7, 11) is 0. The molecule has 0 heterocycles. The first-order valence-electron chi connectivity index (χ1n) is 29.2. The lowest BCUT2D eigenvalue weighted by atomic mass is 10.0. The van der Waals surface area contributed by atoms with Crippen molar-refractivity contribution in [2.45, 2.75) is 55.4 Å². The zero-order valence-electron chi connectivity index (χ0n) is 49.6. The van der Waals surface area contributed by atoms with Crippen molar-refractivity contribution in [3.05, 3.63) is 323 Å². The van der Waals surface area contributed by atoms with Crippen molar-refractivity contribution in [3.8, 4) is 33.4 Å². The van der Waals surface area contributed by atoms with Gasteiger partial charge in [-0.05, 0) is 239 Å². The Morgan fingerprint density at radius 2 is 0.424 bits per heavy atom. The number of aryl methyl sites for hydroxylation is 8. The van der Waals surface area contributed by atoms with Crippen molar-refractivity contribution < 1.29 is 4.39 Å². The van der Waals surface area contributed by atoms with Crippen molar-refractivity contribution in [2.75, 3.05) is 19.6 Å². The van der Waals surface area contributed by atoms with E-state index in [2.05, 4.69) is 324 Å². The lowest BCUT2D eigenvalue weighted by Crippen LogP contribution is -2.12. The zero-order chi connectivity index (χ0) is 58.7. The molecule has 85 heavy (non-hydrogen) atoms. The van der Waals surface area contributed by atoms with Crippen LogP contribution in [0, 0.1) is 61.2 Å². The van der Waals surface area contributed by atoms with Crippen LogP contribution in [0.4, 0.5) is 72.6 Å². The molecule has 0 fully saturated rings. The average Bonchev–Trinajstić information content (AvgIpc) is 3.68. The van der Waals surface area contributed by atoms with E-state index in [1.165, 1.54) is 56.3 Å². The maximum Gasteiger partial charge on any atom is 0.125 e. The van der Waals surface area contributed by atoms with E-state index in [4.69, 9.17) is 0 Å². The van der Waals surface area contributed by atoms with E-state index in [9.17, 15) is 4.39 Å². The average molecular weight is 1110 g/mol. The summed E-state index contributed by atoms with van der Waals surface area (Å²) in [6, 6.07) is 97.1. The van der Waals surface area contributed by atoms with Crippen LogP contribution in [0.25, 0.3) is 33.4 Å². The molecule has 0 bridgehead atoms. The van der Waals surface area contributed by atoms with Crippen molar-refractivity contribution in [1.82, 2.24) is 0 Å². The molecule has 0 N–H and O–H groups in total. The van der Waals surface area contributed by atoms with Crippen LogP contribution in [0.15, 0.2) is 273 Å². The van der Waals surface area contributed by atoms with E-state index < -0.39 is 0 Å². The summed E-state index contributed by atoms with van der Waals surface area (Å²) < 4.78 is 14.6. The third kappa shape index (κ3) is 11.9. The maximum atomic E-state index is 14.6. The van der Waals surface area contributed by atoms with Gasteiger partial charge >= 0.3 is 0 Å². The Morgan fingerprint density at radius 3 is 0.659 bits per heavy atom. The highest BCUT2D eigenvalue weighted by Crippen LogP contribution is 2.44. The van der Waals surface area contributed by atoms with Crippen LogP contribution in [-0.2, 0) is 0 Å². The molecule has 0 radical (unpaired) electrons. The molecular formula is C80H69FN4. The molecule has 5 heteroatoms. The molecule has 416 valence electrons. The van der Waals surface area contributed by atoms with Gasteiger partial charge in [-0.25, -0.2) is 4.39 Å². The molecule has 0 spiro atoms. The number of hydrogen-bond donors (Lipinski definition) is 0. The van der Waals surface area contributed by atoms with E-state index in [-0.39, 0.29) is 5.82 Å². The molecule has 0 aliphatic rings. The van der Waals surface area contributed by atoms with Gasteiger partial charge in [0.25, 0.3) is 0 Å². The van der Waals surface area contributed by atoms with Gasteiger partial charge in [0.15, 0.2) is 0 Å². The minimum absolute atomic E-state index is 0.270. The monoisotopic (exact) mass is 1100 g/mol. The number of halogens is 1. The van der Waals surface area contributed by atoms with Crippen LogP contribution in [0.2, 0.25) is 0 Å². The van der Waals surface area contributed by atoms with E-state index >= 15 is 0 Å². The minimum atomic E-state index is -0.270. The van der Waals surface area contributed by atoms with Crippen LogP contribution in [0.3, 0.4) is 0 Å².